The lowest BCUT2D eigenvalue weighted by molar-refractivity contribution is -0.113. The Morgan fingerprint density at radius 3 is 2.85 bits per heavy atom. The molecule has 3 aromatic rings. The van der Waals surface area contributed by atoms with E-state index in [1.807, 2.05) is 0 Å². The number of nitrogens with two attached hydrogens (primary N) is 1. The Kier molecular flexibility index (Phi) is 7.55. The lowest BCUT2D eigenvalue weighted by atomic mass is 9.88. The maximum absolute atomic E-state index is 12.8. The number of amides is 2. The highest BCUT2D eigenvalue weighted by Crippen LogP contribution is 2.39. The van der Waals surface area contributed by atoms with Gasteiger partial charge in [0, 0.05) is 27.2 Å². The average Bonchev–Trinajstić information content (AvgIpc) is 3.48. The van der Waals surface area contributed by atoms with Crippen molar-refractivity contribution in [1.29, 1.82) is 0 Å². The number of carbonyl (C=O) groups excluding carboxylic acids is 2. The standard InChI is InChI=1S/C23H29N5O2S3/c1-4-8-28-21(14-10-15(5-2)31-11-14)26-27-23(28)32-12-18(29)25-22-19(20(24)30)16-7-6-13(3)9-17(16)33-22/h10-11,13H,4-9,12H2,1-3H3,(H2,24,30)(H,25,29). The van der Waals surface area contributed by atoms with Crippen molar-refractivity contribution in [3.8, 4) is 11.4 Å². The first-order valence-electron chi connectivity index (χ1n) is 11.3. The van der Waals surface area contributed by atoms with Gasteiger partial charge in [-0.25, -0.2) is 0 Å². The first-order valence-corrected chi connectivity index (χ1v) is 14.0. The number of primary amides is 1. The lowest BCUT2D eigenvalue weighted by Gasteiger charge is -2.18. The largest absolute Gasteiger partial charge is 0.365 e. The van der Waals surface area contributed by atoms with Crippen LogP contribution in [0.5, 0.6) is 0 Å². The number of nitrogens with zero attached hydrogens (tertiary/aromatic N) is 3. The van der Waals surface area contributed by atoms with Crippen molar-refractivity contribution < 1.29 is 9.59 Å². The molecule has 3 N–H and O–H groups in total. The normalized spacial score (nSPS) is 15.4. The Morgan fingerprint density at radius 1 is 1.33 bits per heavy atom. The van der Waals surface area contributed by atoms with Gasteiger partial charge in [0.15, 0.2) is 11.0 Å². The highest BCUT2D eigenvalue weighted by Gasteiger charge is 2.27. The number of anilines is 1. The van der Waals surface area contributed by atoms with Crippen LogP contribution in [0.1, 0.15) is 59.3 Å². The van der Waals surface area contributed by atoms with Crippen LogP contribution in [0.15, 0.2) is 16.6 Å². The number of thiophene rings is 2. The van der Waals surface area contributed by atoms with Crippen molar-refractivity contribution in [1.82, 2.24) is 14.8 Å². The third-order valence-electron chi connectivity index (χ3n) is 5.77. The maximum Gasteiger partial charge on any atom is 0.251 e. The van der Waals surface area contributed by atoms with Gasteiger partial charge in [-0.1, -0.05) is 32.5 Å². The smallest absolute Gasteiger partial charge is 0.251 e. The van der Waals surface area contributed by atoms with Crippen LogP contribution in [-0.2, 0) is 30.6 Å². The summed E-state index contributed by atoms with van der Waals surface area (Å²) in [5.74, 6) is 0.951. The molecule has 1 atom stereocenters. The molecule has 0 spiro atoms. The molecule has 0 saturated heterocycles. The quantitative estimate of drug-likeness (QED) is 0.400. The Hall–Kier alpha value is -2.17. The van der Waals surface area contributed by atoms with E-state index in [1.54, 1.807) is 11.3 Å². The monoisotopic (exact) mass is 503 g/mol. The molecule has 0 aliphatic heterocycles. The van der Waals surface area contributed by atoms with E-state index in [4.69, 9.17) is 5.73 Å². The predicted octanol–water partition coefficient (Wildman–Crippen LogP) is 5.00. The Bertz CT molecular complexity index is 1160. The van der Waals surface area contributed by atoms with Gasteiger partial charge < -0.3 is 15.6 Å². The van der Waals surface area contributed by atoms with E-state index in [9.17, 15) is 9.59 Å². The van der Waals surface area contributed by atoms with Crippen molar-refractivity contribution in [2.45, 2.75) is 64.6 Å². The van der Waals surface area contributed by atoms with E-state index < -0.39 is 5.91 Å². The first-order chi connectivity index (χ1) is 15.9. The molecular formula is C23H29N5O2S3. The van der Waals surface area contributed by atoms with E-state index in [1.165, 1.54) is 32.9 Å². The van der Waals surface area contributed by atoms with Crippen molar-refractivity contribution >= 4 is 51.3 Å². The van der Waals surface area contributed by atoms with Gasteiger partial charge in [-0.15, -0.1) is 32.9 Å². The lowest BCUT2D eigenvalue weighted by Crippen LogP contribution is -2.20. The van der Waals surface area contributed by atoms with E-state index in [-0.39, 0.29) is 11.7 Å². The van der Waals surface area contributed by atoms with E-state index in [0.29, 0.717) is 16.5 Å². The third-order valence-corrected chi connectivity index (χ3v) is 8.99. The van der Waals surface area contributed by atoms with Gasteiger partial charge in [0.2, 0.25) is 5.91 Å². The molecule has 0 bridgehead atoms. The highest BCUT2D eigenvalue weighted by molar-refractivity contribution is 7.99. The minimum absolute atomic E-state index is 0.175. The molecule has 0 radical (unpaired) electrons. The fourth-order valence-electron chi connectivity index (χ4n) is 4.11. The number of rotatable bonds is 9. The van der Waals surface area contributed by atoms with Crippen LogP contribution < -0.4 is 11.1 Å². The Balaban J connectivity index is 1.48. The summed E-state index contributed by atoms with van der Waals surface area (Å²) in [6.45, 7) is 7.24. The van der Waals surface area contributed by atoms with Crippen LogP contribution in [-0.4, -0.2) is 32.3 Å². The molecule has 1 unspecified atom stereocenters. The summed E-state index contributed by atoms with van der Waals surface area (Å²) in [5, 5.41) is 15.1. The van der Waals surface area contributed by atoms with Crippen LogP contribution in [0.2, 0.25) is 0 Å². The van der Waals surface area contributed by atoms with Crippen molar-refractivity contribution in [2.75, 3.05) is 11.1 Å². The number of thioether (sulfide) groups is 1. The highest BCUT2D eigenvalue weighted by atomic mass is 32.2. The molecule has 7 nitrogen and oxygen atoms in total. The van der Waals surface area contributed by atoms with Gasteiger partial charge in [-0.05, 0) is 49.7 Å². The number of hydrogen-bond donors (Lipinski definition) is 2. The van der Waals surface area contributed by atoms with Gasteiger partial charge in [0.05, 0.1) is 11.3 Å². The molecule has 0 fully saturated rings. The molecule has 10 heteroatoms. The summed E-state index contributed by atoms with van der Waals surface area (Å²) in [6.07, 6.45) is 4.73. The van der Waals surface area contributed by atoms with Crippen molar-refractivity contribution in [2.24, 2.45) is 11.7 Å². The van der Waals surface area contributed by atoms with Crippen LogP contribution in [0, 0.1) is 5.92 Å². The minimum atomic E-state index is -0.473. The maximum atomic E-state index is 12.8. The number of nitrogens with one attached hydrogen (secondary N) is 1. The molecular weight excluding hydrogens is 474 g/mol. The van der Waals surface area contributed by atoms with Gasteiger partial charge in [0.25, 0.3) is 5.91 Å². The molecule has 0 aromatic carbocycles. The zero-order chi connectivity index (χ0) is 23.5. The number of fused-ring (bicyclic) bond motifs is 1. The second-order valence-electron chi connectivity index (χ2n) is 8.37. The molecule has 2 amide bonds. The second kappa shape index (κ2) is 10.4. The predicted molar refractivity (Wildman–Crippen MR) is 136 cm³/mol. The molecule has 1 aliphatic carbocycles. The number of hydrogen-bond acceptors (Lipinski definition) is 7. The summed E-state index contributed by atoms with van der Waals surface area (Å²) in [4.78, 5) is 27.4. The van der Waals surface area contributed by atoms with Gasteiger partial charge in [-0.3, -0.25) is 9.59 Å². The summed E-state index contributed by atoms with van der Waals surface area (Å²) in [5.41, 5.74) is 8.24. The van der Waals surface area contributed by atoms with Crippen molar-refractivity contribution in [3.05, 3.63) is 32.3 Å². The summed E-state index contributed by atoms with van der Waals surface area (Å²) in [6, 6.07) is 2.16. The second-order valence-corrected chi connectivity index (χ2v) is 11.4. The Morgan fingerprint density at radius 2 is 2.15 bits per heavy atom. The topological polar surface area (TPSA) is 103 Å². The van der Waals surface area contributed by atoms with E-state index >= 15 is 0 Å². The third kappa shape index (κ3) is 5.17. The molecule has 3 heterocycles. The number of aryl methyl sites for hydroxylation is 1. The number of aromatic nitrogens is 3. The summed E-state index contributed by atoms with van der Waals surface area (Å²) >= 11 is 4.57. The number of carbonyl (C=O) groups is 2. The molecule has 4 rings (SSSR count). The SMILES string of the molecule is CCCn1c(SCC(=O)Nc2sc3c(c2C(N)=O)CCC(C)C3)nnc1-c1csc(CC)c1. The van der Waals surface area contributed by atoms with Crippen LogP contribution in [0.4, 0.5) is 5.00 Å². The minimum Gasteiger partial charge on any atom is -0.365 e. The zero-order valence-electron chi connectivity index (χ0n) is 19.1. The summed E-state index contributed by atoms with van der Waals surface area (Å²) in [7, 11) is 0. The van der Waals surface area contributed by atoms with Gasteiger partial charge in [0.1, 0.15) is 5.00 Å². The zero-order valence-corrected chi connectivity index (χ0v) is 21.6. The van der Waals surface area contributed by atoms with Crippen LogP contribution >= 0.6 is 34.4 Å². The van der Waals surface area contributed by atoms with Gasteiger partial charge >= 0.3 is 0 Å². The molecule has 0 saturated carbocycles. The molecule has 3 aromatic heterocycles. The van der Waals surface area contributed by atoms with Crippen LogP contribution in [0.3, 0.4) is 0 Å². The Labute approximate surface area is 206 Å². The van der Waals surface area contributed by atoms with E-state index in [0.717, 1.165) is 60.8 Å². The fraction of sp³-hybridized carbons (Fsp3) is 0.478. The molecule has 33 heavy (non-hydrogen) atoms. The molecule has 1 aliphatic rings. The van der Waals surface area contributed by atoms with E-state index in [2.05, 4.69) is 52.3 Å². The fourth-order valence-corrected chi connectivity index (χ4v) is 7.12. The first kappa shape index (κ1) is 24.0. The molecule has 176 valence electrons. The summed E-state index contributed by atoms with van der Waals surface area (Å²) < 4.78 is 2.08. The van der Waals surface area contributed by atoms with Crippen LogP contribution in [0.25, 0.3) is 11.4 Å². The van der Waals surface area contributed by atoms with Crippen molar-refractivity contribution in [3.63, 3.8) is 0 Å². The average molecular weight is 504 g/mol. The van der Waals surface area contributed by atoms with Gasteiger partial charge in [-0.2, -0.15) is 0 Å².